The van der Waals surface area contributed by atoms with Gasteiger partial charge in [-0.25, -0.2) is 0 Å². The van der Waals surface area contributed by atoms with Crippen molar-refractivity contribution in [1.29, 1.82) is 0 Å². The van der Waals surface area contributed by atoms with E-state index in [1.807, 2.05) is 0 Å². The average Bonchev–Trinajstić information content (AvgIpc) is 2.46. The molecule has 1 aliphatic rings. The first-order chi connectivity index (χ1) is 9.34. The van der Waals surface area contributed by atoms with E-state index in [4.69, 9.17) is 18.9 Å². The Bertz CT molecular complexity index is 231. The molecule has 1 saturated heterocycles. The molecule has 0 aromatic rings. The lowest BCUT2D eigenvalue weighted by atomic mass is 10.0. The second-order valence-electron chi connectivity index (χ2n) is 4.43. The normalized spacial score (nSPS) is 19.3. The Morgan fingerprint density at radius 2 is 1.79 bits per heavy atom. The molecule has 19 heavy (non-hydrogen) atoms. The summed E-state index contributed by atoms with van der Waals surface area (Å²) in [6.07, 6.45) is 1.95. The van der Waals surface area contributed by atoms with Crippen LogP contribution in [0, 0.1) is 5.92 Å². The van der Waals surface area contributed by atoms with Crippen molar-refractivity contribution in [2.24, 2.45) is 5.92 Å². The number of methoxy groups -OCH3 is 1. The summed E-state index contributed by atoms with van der Waals surface area (Å²) in [5, 5.41) is 3.19. The fourth-order valence-corrected chi connectivity index (χ4v) is 1.84. The number of esters is 1. The molecule has 6 heteroatoms. The number of ether oxygens (including phenoxy) is 4. The highest BCUT2D eigenvalue weighted by molar-refractivity contribution is 5.72. The average molecular weight is 275 g/mol. The summed E-state index contributed by atoms with van der Waals surface area (Å²) in [6.45, 7) is 4.66. The van der Waals surface area contributed by atoms with Gasteiger partial charge in [0.1, 0.15) is 6.61 Å². The third-order valence-electron chi connectivity index (χ3n) is 2.91. The zero-order valence-electron chi connectivity index (χ0n) is 11.7. The quantitative estimate of drug-likeness (QED) is 0.454. The molecule has 0 spiro atoms. The van der Waals surface area contributed by atoms with Crippen molar-refractivity contribution >= 4 is 5.97 Å². The molecule has 0 aromatic carbocycles. The largest absolute Gasteiger partial charge is 0.463 e. The van der Waals surface area contributed by atoms with Crippen LogP contribution in [0.15, 0.2) is 0 Å². The van der Waals surface area contributed by atoms with Crippen molar-refractivity contribution in [2.45, 2.75) is 12.8 Å². The van der Waals surface area contributed by atoms with E-state index in [0.717, 1.165) is 25.9 Å². The minimum absolute atomic E-state index is 0.00567. The molecular weight excluding hydrogens is 250 g/mol. The third-order valence-corrected chi connectivity index (χ3v) is 2.91. The predicted octanol–water partition coefficient (Wildman–Crippen LogP) is 0.209. The van der Waals surface area contributed by atoms with Crippen LogP contribution in [0.4, 0.5) is 0 Å². The highest BCUT2D eigenvalue weighted by Crippen LogP contribution is 2.11. The SMILES string of the molecule is COCCOCCOCCOC(=O)[C@H]1CCCNC1. The number of piperidine rings is 1. The van der Waals surface area contributed by atoms with Gasteiger partial charge < -0.3 is 24.3 Å². The van der Waals surface area contributed by atoms with Gasteiger partial charge in [0.25, 0.3) is 0 Å². The van der Waals surface area contributed by atoms with E-state index in [-0.39, 0.29) is 11.9 Å². The van der Waals surface area contributed by atoms with Gasteiger partial charge in [-0.1, -0.05) is 0 Å². The van der Waals surface area contributed by atoms with Crippen molar-refractivity contribution < 1.29 is 23.7 Å². The molecule has 1 rings (SSSR count). The lowest BCUT2D eigenvalue weighted by Crippen LogP contribution is -2.35. The van der Waals surface area contributed by atoms with Gasteiger partial charge in [0.05, 0.1) is 39.0 Å². The van der Waals surface area contributed by atoms with E-state index in [2.05, 4.69) is 5.32 Å². The maximum absolute atomic E-state index is 11.6. The second-order valence-corrected chi connectivity index (χ2v) is 4.43. The number of carbonyl (C=O) groups excluding carboxylic acids is 1. The predicted molar refractivity (Wildman–Crippen MR) is 70.1 cm³/mol. The number of nitrogens with one attached hydrogen (secondary N) is 1. The van der Waals surface area contributed by atoms with Crippen LogP contribution < -0.4 is 5.32 Å². The summed E-state index contributed by atoms with van der Waals surface area (Å²) in [4.78, 5) is 11.6. The molecule has 6 nitrogen and oxygen atoms in total. The van der Waals surface area contributed by atoms with Crippen molar-refractivity contribution in [3.63, 3.8) is 0 Å². The molecule has 0 bridgehead atoms. The highest BCUT2D eigenvalue weighted by Gasteiger charge is 2.21. The third kappa shape index (κ3) is 8.15. The molecule has 0 aromatic heterocycles. The Kier molecular flexibility index (Phi) is 9.61. The molecule has 1 heterocycles. The van der Waals surface area contributed by atoms with Gasteiger partial charge >= 0.3 is 5.97 Å². The molecule has 0 unspecified atom stereocenters. The van der Waals surface area contributed by atoms with Gasteiger partial charge in [-0.15, -0.1) is 0 Å². The molecule has 1 N–H and O–H groups in total. The van der Waals surface area contributed by atoms with Crippen LogP contribution in [-0.4, -0.2) is 65.8 Å². The summed E-state index contributed by atoms with van der Waals surface area (Å²) >= 11 is 0. The lowest BCUT2D eigenvalue weighted by Gasteiger charge is -2.21. The fraction of sp³-hybridized carbons (Fsp3) is 0.923. The number of hydrogen-bond acceptors (Lipinski definition) is 6. The van der Waals surface area contributed by atoms with E-state index >= 15 is 0 Å². The van der Waals surface area contributed by atoms with Crippen LogP contribution in [-0.2, 0) is 23.7 Å². The van der Waals surface area contributed by atoms with Crippen LogP contribution in [0.2, 0.25) is 0 Å². The van der Waals surface area contributed by atoms with Crippen molar-refractivity contribution in [3.05, 3.63) is 0 Å². The van der Waals surface area contributed by atoms with Gasteiger partial charge in [0.2, 0.25) is 0 Å². The Labute approximate surface area is 114 Å². The first-order valence-electron chi connectivity index (χ1n) is 6.86. The van der Waals surface area contributed by atoms with Crippen LogP contribution in [0.25, 0.3) is 0 Å². The van der Waals surface area contributed by atoms with Crippen LogP contribution in [0.3, 0.4) is 0 Å². The van der Waals surface area contributed by atoms with Gasteiger partial charge in [-0.2, -0.15) is 0 Å². The zero-order chi connectivity index (χ0) is 13.8. The topological polar surface area (TPSA) is 66.0 Å². The monoisotopic (exact) mass is 275 g/mol. The van der Waals surface area contributed by atoms with Gasteiger partial charge in [0, 0.05) is 13.7 Å². The molecule has 0 aliphatic carbocycles. The Balaban J connectivity index is 1.86. The molecular formula is C13H25NO5. The van der Waals surface area contributed by atoms with E-state index in [0.29, 0.717) is 39.6 Å². The zero-order valence-corrected chi connectivity index (χ0v) is 11.7. The minimum atomic E-state index is -0.118. The van der Waals surface area contributed by atoms with Gasteiger partial charge in [0.15, 0.2) is 0 Å². The molecule has 1 atom stereocenters. The van der Waals surface area contributed by atoms with E-state index in [1.54, 1.807) is 7.11 Å². The maximum Gasteiger partial charge on any atom is 0.310 e. The van der Waals surface area contributed by atoms with Crippen LogP contribution in [0.1, 0.15) is 12.8 Å². The molecule has 0 radical (unpaired) electrons. The minimum Gasteiger partial charge on any atom is -0.463 e. The summed E-state index contributed by atoms with van der Waals surface area (Å²) in [5.74, 6) is -0.113. The second kappa shape index (κ2) is 11.2. The smallest absolute Gasteiger partial charge is 0.310 e. The van der Waals surface area contributed by atoms with Crippen LogP contribution in [0.5, 0.6) is 0 Å². The van der Waals surface area contributed by atoms with E-state index in [9.17, 15) is 4.79 Å². The number of rotatable bonds is 10. The standard InChI is InChI=1S/C13H25NO5/c1-16-5-6-17-7-8-18-9-10-19-13(15)12-3-2-4-14-11-12/h12,14H,2-11H2,1H3/t12-/m0/s1. The first-order valence-corrected chi connectivity index (χ1v) is 6.86. The Morgan fingerprint density at radius 3 is 2.42 bits per heavy atom. The van der Waals surface area contributed by atoms with E-state index in [1.165, 1.54) is 0 Å². The summed E-state index contributed by atoms with van der Waals surface area (Å²) in [5.41, 5.74) is 0. The van der Waals surface area contributed by atoms with Crippen LogP contribution >= 0.6 is 0 Å². The first kappa shape index (κ1) is 16.4. The van der Waals surface area contributed by atoms with Gasteiger partial charge in [-0.05, 0) is 19.4 Å². The lowest BCUT2D eigenvalue weighted by molar-refractivity contribution is -0.150. The summed E-state index contributed by atoms with van der Waals surface area (Å²) < 4.78 is 20.5. The summed E-state index contributed by atoms with van der Waals surface area (Å²) in [7, 11) is 1.63. The Morgan fingerprint density at radius 1 is 1.11 bits per heavy atom. The number of carbonyl (C=O) groups is 1. The fourth-order valence-electron chi connectivity index (χ4n) is 1.84. The summed E-state index contributed by atoms with van der Waals surface area (Å²) in [6, 6.07) is 0. The highest BCUT2D eigenvalue weighted by atomic mass is 16.6. The van der Waals surface area contributed by atoms with Crippen molar-refractivity contribution in [2.75, 3.05) is 59.8 Å². The Hall–Kier alpha value is -0.690. The molecule has 0 amide bonds. The van der Waals surface area contributed by atoms with Crippen molar-refractivity contribution in [3.8, 4) is 0 Å². The molecule has 1 aliphatic heterocycles. The van der Waals surface area contributed by atoms with Crippen molar-refractivity contribution in [1.82, 2.24) is 5.32 Å². The van der Waals surface area contributed by atoms with E-state index < -0.39 is 0 Å². The van der Waals surface area contributed by atoms with Gasteiger partial charge in [-0.3, -0.25) is 4.79 Å². The molecule has 0 saturated carbocycles. The molecule has 112 valence electrons. The maximum atomic E-state index is 11.6. The molecule has 1 fully saturated rings. The number of hydrogen-bond donors (Lipinski definition) is 1.